The van der Waals surface area contributed by atoms with E-state index in [1.165, 1.54) is 0 Å². The maximum atomic E-state index is 12.0. The molecule has 2 rings (SSSR count). The molecular weight excluding hydrogens is 278 g/mol. The van der Waals surface area contributed by atoms with Crippen LogP contribution in [0.4, 0.5) is 5.69 Å². The van der Waals surface area contributed by atoms with Crippen LogP contribution in [-0.4, -0.2) is 27.2 Å². The Morgan fingerprint density at radius 2 is 2.05 bits per heavy atom. The normalized spacial score (nSPS) is 10.2. The van der Waals surface area contributed by atoms with Crippen LogP contribution in [0.1, 0.15) is 26.8 Å². The molecule has 0 fully saturated rings. The lowest BCUT2D eigenvalue weighted by molar-refractivity contribution is -0.136. The van der Waals surface area contributed by atoms with Crippen molar-refractivity contribution >= 4 is 28.9 Å². The summed E-state index contributed by atoms with van der Waals surface area (Å²) in [7, 11) is 0. The molecule has 0 saturated heterocycles. The molecule has 1 aromatic carbocycles. The zero-order valence-corrected chi connectivity index (χ0v) is 11.6. The van der Waals surface area contributed by atoms with Gasteiger partial charge in [0.15, 0.2) is 0 Å². The molecule has 104 valence electrons. The number of rotatable bonds is 5. The number of hydrogen-bond donors (Lipinski definition) is 2. The summed E-state index contributed by atoms with van der Waals surface area (Å²) >= 11 is 1.11. The predicted octanol–water partition coefficient (Wildman–Crippen LogP) is 2.12. The quantitative estimate of drug-likeness (QED) is 0.880. The number of aryl methyl sites for hydroxylation is 2. The van der Waals surface area contributed by atoms with Crippen molar-refractivity contribution < 1.29 is 14.7 Å². The predicted molar refractivity (Wildman–Crippen MR) is 75.0 cm³/mol. The van der Waals surface area contributed by atoms with Gasteiger partial charge in [0.05, 0.1) is 6.42 Å². The van der Waals surface area contributed by atoms with E-state index in [2.05, 4.69) is 15.5 Å². The highest BCUT2D eigenvalue weighted by Crippen LogP contribution is 2.17. The number of hydrogen-bond acceptors (Lipinski definition) is 5. The number of aromatic nitrogens is 2. The summed E-state index contributed by atoms with van der Waals surface area (Å²) in [6, 6.07) is 7.43. The highest BCUT2D eigenvalue weighted by atomic mass is 32.1. The third-order valence-electron chi connectivity index (χ3n) is 2.61. The van der Waals surface area contributed by atoms with Gasteiger partial charge in [0, 0.05) is 12.1 Å². The SMILES string of the molecule is Cc1ccccc1NC(=O)c1nnc(CCC(=O)O)s1. The van der Waals surface area contributed by atoms with Crippen molar-refractivity contribution in [3.05, 3.63) is 39.8 Å². The van der Waals surface area contributed by atoms with Crippen LogP contribution in [0.2, 0.25) is 0 Å². The maximum Gasteiger partial charge on any atom is 0.303 e. The summed E-state index contributed by atoms with van der Waals surface area (Å²) in [5.74, 6) is -1.23. The molecule has 20 heavy (non-hydrogen) atoms. The minimum atomic E-state index is -0.897. The third-order valence-corrected chi connectivity index (χ3v) is 3.59. The zero-order valence-electron chi connectivity index (χ0n) is 10.8. The summed E-state index contributed by atoms with van der Waals surface area (Å²) in [5, 5.41) is 19.7. The summed E-state index contributed by atoms with van der Waals surface area (Å²) in [6.45, 7) is 1.90. The minimum absolute atomic E-state index is 0.0198. The van der Waals surface area contributed by atoms with Crippen molar-refractivity contribution in [3.63, 3.8) is 0 Å². The lowest BCUT2D eigenvalue weighted by atomic mass is 10.2. The van der Waals surface area contributed by atoms with E-state index in [-0.39, 0.29) is 23.8 Å². The number of nitrogens with one attached hydrogen (secondary N) is 1. The van der Waals surface area contributed by atoms with Gasteiger partial charge in [0.25, 0.3) is 5.91 Å². The van der Waals surface area contributed by atoms with E-state index >= 15 is 0 Å². The molecule has 7 heteroatoms. The first-order chi connectivity index (χ1) is 9.56. The van der Waals surface area contributed by atoms with Gasteiger partial charge in [-0.2, -0.15) is 0 Å². The lowest BCUT2D eigenvalue weighted by Gasteiger charge is -2.05. The van der Waals surface area contributed by atoms with E-state index in [1.54, 1.807) is 6.07 Å². The summed E-state index contributed by atoms with van der Waals surface area (Å²) in [4.78, 5) is 22.5. The largest absolute Gasteiger partial charge is 0.481 e. The number of nitrogens with zero attached hydrogens (tertiary/aromatic N) is 2. The molecule has 1 heterocycles. The first-order valence-corrected chi connectivity index (χ1v) is 6.79. The Balaban J connectivity index is 2.03. The average Bonchev–Trinajstić information content (AvgIpc) is 2.88. The molecule has 0 aliphatic carbocycles. The summed E-state index contributed by atoms with van der Waals surface area (Å²) in [5.41, 5.74) is 1.68. The molecule has 1 aromatic heterocycles. The number of para-hydroxylation sites is 1. The monoisotopic (exact) mass is 291 g/mol. The number of carbonyl (C=O) groups excluding carboxylic acids is 1. The molecule has 2 N–H and O–H groups in total. The molecular formula is C13H13N3O3S. The molecule has 2 aromatic rings. The number of anilines is 1. The van der Waals surface area contributed by atoms with Crippen molar-refractivity contribution in [3.8, 4) is 0 Å². The molecule has 6 nitrogen and oxygen atoms in total. The van der Waals surface area contributed by atoms with Crippen LogP contribution >= 0.6 is 11.3 Å². The molecule has 0 atom stereocenters. The number of carboxylic acids is 1. The van der Waals surface area contributed by atoms with Crippen LogP contribution in [0.15, 0.2) is 24.3 Å². The molecule has 0 radical (unpaired) electrons. The van der Waals surface area contributed by atoms with Gasteiger partial charge in [0.2, 0.25) is 5.01 Å². The maximum absolute atomic E-state index is 12.0. The zero-order chi connectivity index (χ0) is 14.5. The molecule has 0 bridgehead atoms. The lowest BCUT2D eigenvalue weighted by Crippen LogP contribution is -2.12. The smallest absolute Gasteiger partial charge is 0.303 e. The Hall–Kier alpha value is -2.28. The van der Waals surface area contributed by atoms with Gasteiger partial charge in [-0.05, 0) is 18.6 Å². The van der Waals surface area contributed by atoms with Crippen LogP contribution in [-0.2, 0) is 11.2 Å². The number of carboxylic acid groups (broad SMARTS) is 1. The minimum Gasteiger partial charge on any atom is -0.481 e. The van der Waals surface area contributed by atoms with Crippen molar-refractivity contribution in [1.29, 1.82) is 0 Å². The standard InChI is InChI=1S/C13H13N3O3S/c1-8-4-2-3-5-9(8)14-12(19)13-16-15-10(20-13)6-7-11(17)18/h2-5H,6-7H2,1H3,(H,14,19)(H,17,18). The van der Waals surface area contributed by atoms with E-state index in [9.17, 15) is 9.59 Å². The van der Waals surface area contributed by atoms with E-state index < -0.39 is 5.97 Å². The van der Waals surface area contributed by atoms with Crippen LogP contribution in [0, 0.1) is 6.92 Å². The van der Waals surface area contributed by atoms with Crippen molar-refractivity contribution in [1.82, 2.24) is 10.2 Å². The van der Waals surface area contributed by atoms with Gasteiger partial charge in [-0.1, -0.05) is 29.5 Å². The third kappa shape index (κ3) is 3.61. The van der Waals surface area contributed by atoms with Crippen molar-refractivity contribution in [2.45, 2.75) is 19.8 Å². The number of carbonyl (C=O) groups is 2. The first kappa shape index (κ1) is 14.1. The second-order valence-corrected chi connectivity index (χ2v) is 5.23. The van der Waals surface area contributed by atoms with Crippen molar-refractivity contribution in [2.24, 2.45) is 0 Å². The average molecular weight is 291 g/mol. The molecule has 0 unspecified atom stereocenters. The number of amides is 1. The molecule has 0 saturated carbocycles. The van der Waals surface area contributed by atoms with Gasteiger partial charge < -0.3 is 10.4 Å². The second-order valence-electron chi connectivity index (χ2n) is 4.16. The Morgan fingerprint density at radius 1 is 1.30 bits per heavy atom. The molecule has 0 aliphatic rings. The van der Waals surface area contributed by atoms with Crippen LogP contribution in [0.3, 0.4) is 0 Å². The Morgan fingerprint density at radius 3 is 2.75 bits per heavy atom. The van der Waals surface area contributed by atoms with Gasteiger partial charge in [0.1, 0.15) is 5.01 Å². The van der Waals surface area contributed by atoms with Crippen LogP contribution in [0.5, 0.6) is 0 Å². The fourth-order valence-electron chi connectivity index (χ4n) is 1.55. The number of benzene rings is 1. The summed E-state index contributed by atoms with van der Waals surface area (Å²) in [6.07, 6.45) is 0.263. The Bertz CT molecular complexity index is 639. The van der Waals surface area contributed by atoms with Crippen LogP contribution in [0.25, 0.3) is 0 Å². The molecule has 1 amide bonds. The highest BCUT2D eigenvalue weighted by Gasteiger charge is 2.14. The van der Waals surface area contributed by atoms with Crippen molar-refractivity contribution in [2.75, 3.05) is 5.32 Å². The van der Waals surface area contributed by atoms with Gasteiger partial charge in [-0.3, -0.25) is 9.59 Å². The van der Waals surface area contributed by atoms with E-state index in [0.717, 1.165) is 22.6 Å². The van der Waals surface area contributed by atoms with Gasteiger partial charge in [-0.15, -0.1) is 10.2 Å². The van der Waals surface area contributed by atoms with Gasteiger partial charge >= 0.3 is 5.97 Å². The molecule has 0 spiro atoms. The number of aliphatic carboxylic acids is 1. The summed E-state index contributed by atoms with van der Waals surface area (Å²) < 4.78 is 0. The fraction of sp³-hybridized carbons (Fsp3) is 0.231. The second kappa shape index (κ2) is 6.25. The fourth-order valence-corrected chi connectivity index (χ4v) is 2.28. The van der Waals surface area contributed by atoms with E-state index in [0.29, 0.717) is 5.01 Å². The Labute approximate surface area is 119 Å². The van der Waals surface area contributed by atoms with Gasteiger partial charge in [-0.25, -0.2) is 0 Å². The topological polar surface area (TPSA) is 92.2 Å². The highest BCUT2D eigenvalue weighted by molar-refractivity contribution is 7.13. The van der Waals surface area contributed by atoms with E-state index in [4.69, 9.17) is 5.11 Å². The molecule has 0 aliphatic heterocycles. The van der Waals surface area contributed by atoms with E-state index in [1.807, 2.05) is 25.1 Å². The Kier molecular flexibility index (Phi) is 4.41. The van der Waals surface area contributed by atoms with Crippen LogP contribution < -0.4 is 5.32 Å². The first-order valence-electron chi connectivity index (χ1n) is 5.97.